The van der Waals surface area contributed by atoms with Crippen LogP contribution in [0.25, 0.3) is 0 Å². The molecule has 4 nitrogen and oxygen atoms in total. The van der Waals surface area contributed by atoms with E-state index in [1.54, 1.807) is 22.6 Å². The van der Waals surface area contributed by atoms with Gasteiger partial charge in [-0.1, -0.05) is 6.07 Å². The molecule has 0 aliphatic rings. The van der Waals surface area contributed by atoms with Gasteiger partial charge in [0.25, 0.3) is 0 Å². The molecule has 0 saturated heterocycles. The van der Waals surface area contributed by atoms with E-state index in [0.717, 1.165) is 10.6 Å². The van der Waals surface area contributed by atoms with Gasteiger partial charge in [-0.3, -0.25) is 9.48 Å². The number of carbonyl (C=O) groups is 1. The molecule has 0 fully saturated rings. The number of nitrogens with zero attached hydrogens (tertiary/aromatic N) is 2. The third-order valence-electron chi connectivity index (χ3n) is 2.48. The fourth-order valence-electron chi connectivity index (χ4n) is 1.57. The highest BCUT2D eigenvalue weighted by atomic mass is 32.2. The Morgan fingerprint density at radius 2 is 2.33 bits per heavy atom. The van der Waals surface area contributed by atoms with Crippen LogP contribution in [0.2, 0.25) is 0 Å². The molecule has 1 aromatic heterocycles. The van der Waals surface area contributed by atoms with Crippen molar-refractivity contribution in [1.29, 1.82) is 0 Å². The van der Waals surface area contributed by atoms with Crippen LogP contribution < -0.4 is 5.32 Å². The van der Waals surface area contributed by atoms with Crippen LogP contribution in [0, 0.1) is 0 Å². The first-order chi connectivity index (χ1) is 8.78. The van der Waals surface area contributed by atoms with Crippen molar-refractivity contribution >= 4 is 23.4 Å². The third-order valence-corrected chi connectivity index (χ3v) is 3.21. The second-order valence-corrected chi connectivity index (χ2v) is 4.68. The molecule has 0 radical (unpaired) electrons. The van der Waals surface area contributed by atoms with E-state index in [4.69, 9.17) is 0 Å². The summed E-state index contributed by atoms with van der Waals surface area (Å²) in [5.41, 5.74) is 0.840. The van der Waals surface area contributed by atoms with Crippen molar-refractivity contribution in [3.63, 3.8) is 0 Å². The minimum atomic E-state index is 0.00348. The lowest BCUT2D eigenvalue weighted by Gasteiger charge is -2.06. The third kappa shape index (κ3) is 3.63. The topological polar surface area (TPSA) is 46.9 Å². The number of hydrogen-bond donors (Lipinski definition) is 1. The van der Waals surface area contributed by atoms with Crippen LogP contribution in [0.1, 0.15) is 6.42 Å². The SMILES string of the molecule is CSc1cccc(NC(=O)CCn2cccn2)c1. The van der Waals surface area contributed by atoms with Crippen molar-refractivity contribution in [3.8, 4) is 0 Å². The van der Waals surface area contributed by atoms with Crippen LogP contribution in [0.4, 0.5) is 5.69 Å². The standard InChI is InChI=1S/C13H15N3OS/c1-18-12-5-2-4-11(10-12)15-13(17)6-9-16-8-3-7-14-16/h2-5,7-8,10H,6,9H2,1H3,(H,15,17). The molecule has 1 aromatic carbocycles. The number of nitrogens with one attached hydrogen (secondary N) is 1. The number of rotatable bonds is 5. The number of carbonyl (C=O) groups excluding carboxylic acids is 1. The van der Waals surface area contributed by atoms with E-state index in [2.05, 4.69) is 10.4 Å². The van der Waals surface area contributed by atoms with Gasteiger partial charge in [0, 0.05) is 35.9 Å². The number of amides is 1. The Morgan fingerprint density at radius 1 is 1.44 bits per heavy atom. The zero-order valence-electron chi connectivity index (χ0n) is 10.2. The van der Waals surface area contributed by atoms with Crippen molar-refractivity contribution in [2.45, 2.75) is 17.9 Å². The molecule has 5 heteroatoms. The van der Waals surface area contributed by atoms with E-state index < -0.39 is 0 Å². The van der Waals surface area contributed by atoms with Crippen molar-refractivity contribution in [2.24, 2.45) is 0 Å². The Kier molecular flexibility index (Phi) is 4.41. The molecule has 1 N–H and O–H groups in total. The number of anilines is 1. The number of thioether (sulfide) groups is 1. The maximum atomic E-state index is 11.7. The summed E-state index contributed by atoms with van der Waals surface area (Å²) in [5, 5.41) is 6.94. The van der Waals surface area contributed by atoms with Crippen LogP contribution >= 0.6 is 11.8 Å². The lowest BCUT2D eigenvalue weighted by atomic mass is 10.3. The van der Waals surface area contributed by atoms with Crippen molar-refractivity contribution in [3.05, 3.63) is 42.7 Å². The van der Waals surface area contributed by atoms with Gasteiger partial charge in [-0.15, -0.1) is 11.8 Å². The summed E-state index contributed by atoms with van der Waals surface area (Å²) < 4.78 is 1.75. The number of hydrogen-bond acceptors (Lipinski definition) is 3. The molecule has 0 aliphatic carbocycles. The van der Waals surface area contributed by atoms with Crippen LogP contribution in [0.3, 0.4) is 0 Å². The molecule has 18 heavy (non-hydrogen) atoms. The average molecular weight is 261 g/mol. The average Bonchev–Trinajstić information content (AvgIpc) is 2.90. The van der Waals surface area contributed by atoms with Gasteiger partial charge in [-0.2, -0.15) is 5.10 Å². The van der Waals surface area contributed by atoms with Crippen LogP contribution in [0.15, 0.2) is 47.6 Å². The van der Waals surface area contributed by atoms with E-state index in [1.807, 2.05) is 42.8 Å². The predicted molar refractivity (Wildman–Crippen MR) is 73.7 cm³/mol. The molecular formula is C13H15N3OS. The smallest absolute Gasteiger partial charge is 0.226 e. The Bertz CT molecular complexity index is 511. The Labute approximate surface area is 110 Å². The van der Waals surface area contributed by atoms with Crippen molar-refractivity contribution in [1.82, 2.24) is 9.78 Å². The van der Waals surface area contributed by atoms with Gasteiger partial charge in [0.2, 0.25) is 5.91 Å². The van der Waals surface area contributed by atoms with Gasteiger partial charge in [-0.25, -0.2) is 0 Å². The number of aryl methyl sites for hydroxylation is 1. The summed E-state index contributed by atoms with van der Waals surface area (Å²) in [7, 11) is 0. The summed E-state index contributed by atoms with van der Waals surface area (Å²) >= 11 is 1.66. The molecule has 1 amide bonds. The first-order valence-corrected chi connectivity index (χ1v) is 6.92. The highest BCUT2D eigenvalue weighted by Crippen LogP contribution is 2.18. The normalized spacial score (nSPS) is 10.3. The Hall–Kier alpha value is -1.75. The zero-order valence-corrected chi connectivity index (χ0v) is 11.0. The molecule has 2 aromatic rings. The largest absolute Gasteiger partial charge is 0.326 e. The Balaban J connectivity index is 1.86. The second-order valence-electron chi connectivity index (χ2n) is 3.80. The highest BCUT2D eigenvalue weighted by Gasteiger charge is 2.03. The quantitative estimate of drug-likeness (QED) is 0.842. The first kappa shape index (κ1) is 12.7. The maximum Gasteiger partial charge on any atom is 0.226 e. The molecule has 0 atom stereocenters. The lowest BCUT2D eigenvalue weighted by molar-refractivity contribution is -0.116. The van der Waals surface area contributed by atoms with E-state index in [0.29, 0.717) is 13.0 Å². The zero-order chi connectivity index (χ0) is 12.8. The highest BCUT2D eigenvalue weighted by molar-refractivity contribution is 7.98. The second kappa shape index (κ2) is 6.26. The van der Waals surface area contributed by atoms with Gasteiger partial charge in [0.05, 0.1) is 0 Å². The molecule has 0 spiro atoms. The fraction of sp³-hybridized carbons (Fsp3) is 0.231. The molecular weight excluding hydrogens is 246 g/mol. The van der Waals surface area contributed by atoms with Gasteiger partial charge in [-0.05, 0) is 30.5 Å². The van der Waals surface area contributed by atoms with Crippen LogP contribution in [-0.4, -0.2) is 21.9 Å². The molecule has 1 heterocycles. The molecule has 0 unspecified atom stereocenters. The van der Waals surface area contributed by atoms with Crippen molar-refractivity contribution in [2.75, 3.05) is 11.6 Å². The maximum absolute atomic E-state index is 11.7. The van der Waals surface area contributed by atoms with Gasteiger partial charge >= 0.3 is 0 Å². The van der Waals surface area contributed by atoms with E-state index in [-0.39, 0.29) is 5.91 Å². The summed E-state index contributed by atoms with van der Waals surface area (Å²) in [5.74, 6) is 0.00348. The van der Waals surface area contributed by atoms with Crippen LogP contribution in [-0.2, 0) is 11.3 Å². The predicted octanol–water partition coefficient (Wildman–Crippen LogP) is 2.63. The van der Waals surface area contributed by atoms with Gasteiger partial charge < -0.3 is 5.32 Å². The molecule has 0 bridgehead atoms. The van der Waals surface area contributed by atoms with Gasteiger partial charge in [0.15, 0.2) is 0 Å². The van der Waals surface area contributed by atoms with E-state index >= 15 is 0 Å². The molecule has 0 aliphatic heterocycles. The molecule has 2 rings (SSSR count). The summed E-state index contributed by atoms with van der Waals surface area (Å²) in [4.78, 5) is 12.9. The summed E-state index contributed by atoms with van der Waals surface area (Å²) in [6.07, 6.45) is 5.99. The minimum absolute atomic E-state index is 0.00348. The van der Waals surface area contributed by atoms with Crippen LogP contribution in [0.5, 0.6) is 0 Å². The Morgan fingerprint density at radius 3 is 3.06 bits per heavy atom. The van der Waals surface area contributed by atoms with E-state index in [1.165, 1.54) is 0 Å². The van der Waals surface area contributed by atoms with E-state index in [9.17, 15) is 4.79 Å². The minimum Gasteiger partial charge on any atom is -0.326 e. The van der Waals surface area contributed by atoms with Gasteiger partial charge in [0.1, 0.15) is 0 Å². The molecule has 94 valence electrons. The number of aromatic nitrogens is 2. The van der Waals surface area contributed by atoms with Crippen molar-refractivity contribution < 1.29 is 4.79 Å². The summed E-state index contributed by atoms with van der Waals surface area (Å²) in [6.45, 7) is 0.598. The first-order valence-electron chi connectivity index (χ1n) is 5.69. The lowest BCUT2D eigenvalue weighted by Crippen LogP contribution is -2.14. The fourth-order valence-corrected chi connectivity index (χ4v) is 2.03. The monoisotopic (exact) mass is 261 g/mol. The molecule has 0 saturated carbocycles. The summed E-state index contributed by atoms with van der Waals surface area (Å²) in [6, 6.07) is 9.67. The number of benzene rings is 1.